The van der Waals surface area contributed by atoms with Crippen LogP contribution in [0.2, 0.25) is 0 Å². The Bertz CT molecular complexity index is 1320. The number of nitrogen functional groups attached to an aromatic ring is 1. The molecule has 0 spiro atoms. The summed E-state index contributed by atoms with van der Waals surface area (Å²) in [4.78, 5) is 28.4. The number of hydrogen-bond donors (Lipinski definition) is 2. The molecule has 1 amide bonds. The van der Waals surface area contributed by atoms with Crippen molar-refractivity contribution in [3.8, 4) is 22.4 Å². The number of halogens is 1. The Morgan fingerprint density at radius 2 is 2.17 bits per heavy atom. The van der Waals surface area contributed by atoms with Gasteiger partial charge in [0.05, 0.1) is 24.0 Å². The number of anilines is 1. The van der Waals surface area contributed by atoms with E-state index in [1.165, 1.54) is 22.9 Å². The van der Waals surface area contributed by atoms with E-state index in [9.17, 15) is 9.18 Å². The van der Waals surface area contributed by atoms with E-state index in [4.69, 9.17) is 12.3 Å². The summed E-state index contributed by atoms with van der Waals surface area (Å²) in [6.45, 7) is 9.50. The van der Waals surface area contributed by atoms with Crippen LogP contribution in [-0.4, -0.2) is 31.8 Å². The van der Waals surface area contributed by atoms with E-state index < -0.39 is 5.82 Å². The minimum atomic E-state index is -0.573. The van der Waals surface area contributed by atoms with Crippen molar-refractivity contribution >= 4 is 23.2 Å². The number of pyridine rings is 1. The Balaban J connectivity index is 2.08. The highest BCUT2D eigenvalue weighted by Crippen LogP contribution is 2.37. The molecule has 0 aliphatic heterocycles. The zero-order valence-electron chi connectivity index (χ0n) is 15.9. The number of nitrogens with one attached hydrogen (secondary N) is 1. The van der Waals surface area contributed by atoms with Crippen molar-refractivity contribution in [3.63, 3.8) is 0 Å². The second kappa shape index (κ2) is 7.60. The molecule has 0 unspecified atom stereocenters. The number of carbonyl (C=O) groups is 1. The molecule has 3 heterocycles. The summed E-state index contributed by atoms with van der Waals surface area (Å²) < 4.78 is 16.2. The number of aromatic nitrogens is 4. The number of imidazole rings is 1. The molecule has 0 aliphatic carbocycles. The normalized spacial score (nSPS) is 10.7. The third-order valence-electron chi connectivity index (χ3n) is 4.50. The highest BCUT2D eigenvalue weighted by atomic mass is 19.1. The predicted octanol–water partition coefficient (Wildman–Crippen LogP) is 3.48. The lowest BCUT2D eigenvalue weighted by Gasteiger charge is -2.13. The smallest absolute Gasteiger partial charge is 0.271 e. The van der Waals surface area contributed by atoms with E-state index in [2.05, 4.69) is 25.1 Å². The number of amides is 1. The third-order valence-corrected chi connectivity index (χ3v) is 4.50. The highest BCUT2D eigenvalue weighted by molar-refractivity contribution is 5.96. The van der Waals surface area contributed by atoms with Gasteiger partial charge in [0, 0.05) is 24.5 Å². The van der Waals surface area contributed by atoms with Gasteiger partial charge in [-0.1, -0.05) is 18.2 Å². The zero-order valence-corrected chi connectivity index (χ0v) is 15.9. The van der Waals surface area contributed by atoms with Gasteiger partial charge in [0.2, 0.25) is 5.95 Å². The number of nitrogens with zero attached hydrogens (tertiary/aromatic N) is 5. The molecule has 4 rings (SSSR count). The first kappa shape index (κ1) is 19.0. The van der Waals surface area contributed by atoms with Gasteiger partial charge in [0.15, 0.2) is 11.3 Å². The van der Waals surface area contributed by atoms with E-state index in [0.29, 0.717) is 29.1 Å². The summed E-state index contributed by atoms with van der Waals surface area (Å²) in [5, 5.41) is 2.68. The van der Waals surface area contributed by atoms with Crippen molar-refractivity contribution < 1.29 is 9.18 Å². The van der Waals surface area contributed by atoms with Crippen molar-refractivity contribution in [1.82, 2.24) is 24.7 Å². The summed E-state index contributed by atoms with van der Waals surface area (Å²) in [7, 11) is 0. The van der Waals surface area contributed by atoms with Gasteiger partial charge in [0.25, 0.3) is 5.91 Å². The first-order chi connectivity index (χ1) is 14.5. The van der Waals surface area contributed by atoms with E-state index in [1.54, 1.807) is 31.2 Å². The minimum Gasteiger partial charge on any atom is -0.369 e. The van der Waals surface area contributed by atoms with Gasteiger partial charge in [-0.05, 0) is 24.6 Å². The van der Waals surface area contributed by atoms with Crippen LogP contribution in [0.15, 0.2) is 48.9 Å². The molecule has 8 nitrogen and oxygen atoms in total. The van der Waals surface area contributed by atoms with E-state index in [-0.39, 0.29) is 28.8 Å². The molecular weight excluding hydrogens is 385 g/mol. The molecule has 0 atom stereocenters. The Hall–Kier alpha value is -4.32. The van der Waals surface area contributed by atoms with Crippen molar-refractivity contribution in [2.45, 2.75) is 6.92 Å². The first-order valence-corrected chi connectivity index (χ1v) is 9.08. The fourth-order valence-corrected chi connectivity index (χ4v) is 3.18. The minimum absolute atomic E-state index is 0.0782. The van der Waals surface area contributed by atoms with Crippen LogP contribution < -0.4 is 11.1 Å². The number of rotatable bonds is 4. The molecule has 4 aromatic rings. The van der Waals surface area contributed by atoms with Crippen LogP contribution in [0.4, 0.5) is 16.0 Å². The maximum atomic E-state index is 14.7. The molecule has 9 heteroatoms. The van der Waals surface area contributed by atoms with Crippen LogP contribution in [0.1, 0.15) is 17.4 Å². The molecule has 148 valence electrons. The summed E-state index contributed by atoms with van der Waals surface area (Å²) in [5.74, 6) is -0.871. The van der Waals surface area contributed by atoms with Crippen LogP contribution >= 0.6 is 0 Å². The average molecular weight is 401 g/mol. The molecule has 0 radical (unpaired) electrons. The second-order valence-electron chi connectivity index (χ2n) is 6.39. The van der Waals surface area contributed by atoms with Crippen molar-refractivity contribution in [1.29, 1.82) is 0 Å². The number of hydrogen-bond acceptors (Lipinski definition) is 5. The molecule has 3 N–H and O–H groups in total. The molecule has 0 fully saturated rings. The molecule has 0 bridgehead atoms. The van der Waals surface area contributed by atoms with Crippen LogP contribution in [0.25, 0.3) is 32.9 Å². The van der Waals surface area contributed by atoms with Gasteiger partial charge in [-0.3, -0.25) is 14.2 Å². The molecule has 3 aromatic heterocycles. The molecule has 30 heavy (non-hydrogen) atoms. The molecule has 1 aromatic carbocycles. The molecule has 0 aliphatic rings. The lowest BCUT2D eigenvalue weighted by Crippen LogP contribution is -2.22. The van der Waals surface area contributed by atoms with Gasteiger partial charge in [-0.15, -0.1) is 0 Å². The summed E-state index contributed by atoms with van der Waals surface area (Å²) in [6.07, 6.45) is 4.01. The van der Waals surface area contributed by atoms with Crippen LogP contribution in [0, 0.1) is 12.4 Å². The lowest BCUT2D eigenvalue weighted by atomic mass is 10.00. The highest BCUT2D eigenvalue weighted by Gasteiger charge is 2.22. The zero-order chi connectivity index (χ0) is 21.3. The largest absolute Gasteiger partial charge is 0.369 e. The van der Waals surface area contributed by atoms with Gasteiger partial charge in [-0.25, -0.2) is 19.2 Å². The van der Waals surface area contributed by atoms with E-state index >= 15 is 0 Å². The number of carbonyl (C=O) groups excluding carboxylic acids is 1. The van der Waals surface area contributed by atoms with Crippen LogP contribution in [0.5, 0.6) is 0 Å². The monoisotopic (exact) mass is 401 g/mol. The molecular formula is C21H16FN7O. The van der Waals surface area contributed by atoms with Gasteiger partial charge in [0.1, 0.15) is 11.5 Å². The third kappa shape index (κ3) is 3.20. The summed E-state index contributed by atoms with van der Waals surface area (Å²) >= 11 is 0. The Morgan fingerprint density at radius 3 is 2.90 bits per heavy atom. The lowest BCUT2D eigenvalue weighted by molar-refractivity contribution is 0.0951. The summed E-state index contributed by atoms with van der Waals surface area (Å²) in [6, 6.07) is 8.27. The van der Waals surface area contributed by atoms with Gasteiger partial charge < -0.3 is 11.1 Å². The molecule has 0 saturated heterocycles. The van der Waals surface area contributed by atoms with E-state index in [1.807, 2.05) is 0 Å². The quantitative estimate of drug-likeness (QED) is 0.510. The maximum absolute atomic E-state index is 14.7. The SMILES string of the molecule is [C-]#[N+]c1cccc(-c2nc(N)n3cc(C(=O)NCC)nc3c2-c2ccncc2F)c1. The van der Waals surface area contributed by atoms with Crippen molar-refractivity contribution in [2.75, 3.05) is 12.3 Å². The topological polar surface area (TPSA) is 103 Å². The standard InChI is InChI=1S/C21H16FN7O/c1-3-26-20(30)16-11-29-19(27-16)17(14-7-8-25-10-15(14)22)18(28-21(29)23)12-5-4-6-13(9-12)24-2/h4-11H,3H2,1H3,(H2,23,28)(H,26,30). The predicted molar refractivity (Wildman–Crippen MR) is 110 cm³/mol. The first-order valence-electron chi connectivity index (χ1n) is 9.08. The van der Waals surface area contributed by atoms with Crippen molar-refractivity contribution in [3.05, 3.63) is 71.9 Å². The van der Waals surface area contributed by atoms with Crippen LogP contribution in [-0.2, 0) is 0 Å². The fraction of sp³-hybridized carbons (Fsp3) is 0.0952. The van der Waals surface area contributed by atoms with Crippen LogP contribution in [0.3, 0.4) is 0 Å². The second-order valence-corrected chi connectivity index (χ2v) is 6.39. The Morgan fingerprint density at radius 1 is 1.33 bits per heavy atom. The average Bonchev–Trinajstić information content (AvgIpc) is 3.21. The summed E-state index contributed by atoms with van der Waals surface area (Å²) in [5.41, 5.74) is 8.44. The number of fused-ring (bicyclic) bond motifs is 1. The molecule has 0 saturated carbocycles. The number of nitrogens with two attached hydrogens (primary N) is 1. The van der Waals surface area contributed by atoms with Crippen molar-refractivity contribution in [2.24, 2.45) is 0 Å². The fourth-order valence-electron chi connectivity index (χ4n) is 3.18. The Labute approximate surface area is 171 Å². The Kier molecular flexibility index (Phi) is 4.82. The van der Waals surface area contributed by atoms with E-state index in [0.717, 1.165) is 6.20 Å². The maximum Gasteiger partial charge on any atom is 0.271 e. The van der Waals surface area contributed by atoms with Gasteiger partial charge >= 0.3 is 0 Å². The van der Waals surface area contributed by atoms with Gasteiger partial charge in [-0.2, -0.15) is 0 Å². The number of benzene rings is 1.